The molecule has 0 bridgehead atoms. The van der Waals surface area contributed by atoms with Crippen LogP contribution in [-0.2, 0) is 4.74 Å². The Balaban J connectivity index is 1.56. The Hall–Kier alpha value is -2.64. The van der Waals surface area contributed by atoms with Gasteiger partial charge in [0.05, 0.1) is 17.6 Å². The van der Waals surface area contributed by atoms with Crippen LogP contribution in [0.2, 0.25) is 0 Å². The molecule has 0 spiro atoms. The molecule has 0 unspecified atom stereocenters. The summed E-state index contributed by atoms with van der Waals surface area (Å²) >= 11 is 0. The van der Waals surface area contributed by atoms with Crippen LogP contribution in [0.4, 0.5) is 16.3 Å². The van der Waals surface area contributed by atoms with Crippen LogP contribution in [0.25, 0.3) is 0 Å². The maximum Gasteiger partial charge on any atom is 0.407 e. The van der Waals surface area contributed by atoms with Crippen molar-refractivity contribution in [3.8, 4) is 0 Å². The first-order valence-corrected chi connectivity index (χ1v) is 8.89. The average molecular weight is 358 g/mol. The second-order valence-corrected chi connectivity index (χ2v) is 7.78. The van der Waals surface area contributed by atoms with Gasteiger partial charge in [-0.15, -0.1) is 0 Å². The molecule has 0 saturated heterocycles. The molecule has 2 atom stereocenters. The maximum atomic E-state index is 11.9. The van der Waals surface area contributed by atoms with E-state index in [0.29, 0.717) is 5.92 Å². The number of anilines is 2. The quantitative estimate of drug-likeness (QED) is 0.773. The van der Waals surface area contributed by atoms with Gasteiger partial charge < -0.3 is 15.4 Å². The molecule has 3 N–H and O–H groups in total. The third kappa shape index (κ3) is 4.71. The van der Waals surface area contributed by atoms with Crippen molar-refractivity contribution >= 4 is 17.6 Å². The highest BCUT2D eigenvalue weighted by Crippen LogP contribution is 2.36. The Kier molecular flexibility index (Phi) is 5.11. The van der Waals surface area contributed by atoms with E-state index in [1.54, 1.807) is 6.20 Å². The molecule has 26 heavy (non-hydrogen) atoms. The van der Waals surface area contributed by atoms with Gasteiger partial charge in [-0.2, -0.15) is 15.3 Å². The maximum absolute atomic E-state index is 11.9. The normalized spacial score (nSPS) is 20.0. The highest BCUT2D eigenvalue weighted by Gasteiger charge is 2.30. The third-order valence-corrected chi connectivity index (χ3v) is 4.34. The van der Waals surface area contributed by atoms with Crippen LogP contribution in [0.5, 0.6) is 0 Å². The summed E-state index contributed by atoms with van der Waals surface area (Å²) in [6, 6.07) is 3.87. The van der Waals surface area contributed by atoms with Crippen LogP contribution >= 0.6 is 0 Å². The van der Waals surface area contributed by atoms with Crippen LogP contribution in [0, 0.1) is 6.92 Å². The minimum absolute atomic E-state index is 0.0614. The van der Waals surface area contributed by atoms with Crippen molar-refractivity contribution in [3.63, 3.8) is 0 Å². The monoisotopic (exact) mass is 358 g/mol. The number of carbonyl (C=O) groups excluding carboxylic acids is 1. The summed E-state index contributed by atoms with van der Waals surface area (Å²) < 4.78 is 5.54. The second kappa shape index (κ2) is 7.31. The largest absolute Gasteiger partial charge is 0.446 e. The number of H-pyrrole nitrogens is 1. The molecule has 1 aliphatic carbocycles. The van der Waals surface area contributed by atoms with Crippen LogP contribution in [0.3, 0.4) is 0 Å². The number of aromatic nitrogens is 4. The van der Waals surface area contributed by atoms with Crippen molar-refractivity contribution in [1.82, 2.24) is 25.7 Å². The van der Waals surface area contributed by atoms with E-state index >= 15 is 0 Å². The van der Waals surface area contributed by atoms with Crippen LogP contribution in [0.15, 0.2) is 18.3 Å². The highest BCUT2D eigenvalue weighted by atomic mass is 16.6. The summed E-state index contributed by atoms with van der Waals surface area (Å²) in [6.07, 6.45) is 3.85. The first kappa shape index (κ1) is 18.2. The Labute approximate surface area is 153 Å². The van der Waals surface area contributed by atoms with E-state index < -0.39 is 0 Å². The molecular formula is C18H26N6O2. The minimum Gasteiger partial charge on any atom is -0.446 e. The lowest BCUT2D eigenvalue weighted by Crippen LogP contribution is -2.42. The number of aryl methyl sites for hydroxylation is 1. The Morgan fingerprint density at radius 1 is 1.35 bits per heavy atom. The van der Waals surface area contributed by atoms with Gasteiger partial charge in [0.2, 0.25) is 0 Å². The lowest BCUT2D eigenvalue weighted by atomic mass is 10.0. The lowest BCUT2D eigenvalue weighted by molar-refractivity contribution is 0.0937. The number of aromatic amines is 1. The molecule has 1 fully saturated rings. The molecule has 1 aliphatic rings. The van der Waals surface area contributed by atoms with Gasteiger partial charge in [0, 0.05) is 23.2 Å². The number of nitrogens with one attached hydrogen (secondary N) is 3. The van der Waals surface area contributed by atoms with Crippen LogP contribution in [0.1, 0.15) is 57.3 Å². The van der Waals surface area contributed by atoms with Gasteiger partial charge in [0.15, 0.2) is 5.82 Å². The predicted octanol–water partition coefficient (Wildman–Crippen LogP) is 3.41. The van der Waals surface area contributed by atoms with Crippen LogP contribution < -0.4 is 10.6 Å². The van der Waals surface area contributed by atoms with Crippen molar-refractivity contribution < 1.29 is 9.53 Å². The number of ether oxygens (including phenoxy) is 1. The Bertz CT molecular complexity index is 767. The van der Waals surface area contributed by atoms with Crippen LogP contribution in [-0.4, -0.2) is 38.1 Å². The number of carbonyl (C=O) groups is 1. The van der Waals surface area contributed by atoms with E-state index in [1.165, 1.54) is 0 Å². The molecule has 3 rings (SSSR count). The van der Waals surface area contributed by atoms with Crippen molar-refractivity contribution in [2.75, 3.05) is 5.32 Å². The molecule has 2 aromatic rings. The highest BCUT2D eigenvalue weighted by molar-refractivity contribution is 5.68. The van der Waals surface area contributed by atoms with E-state index in [1.807, 2.05) is 39.8 Å². The molecule has 0 aliphatic heterocycles. The van der Waals surface area contributed by atoms with Crippen molar-refractivity contribution in [2.45, 2.75) is 64.5 Å². The first-order chi connectivity index (χ1) is 12.3. The van der Waals surface area contributed by atoms with E-state index in [2.05, 4.69) is 31.0 Å². The van der Waals surface area contributed by atoms with Crippen molar-refractivity contribution in [2.24, 2.45) is 0 Å². The summed E-state index contributed by atoms with van der Waals surface area (Å²) in [5.74, 6) is 1.05. The van der Waals surface area contributed by atoms with E-state index in [-0.39, 0.29) is 17.7 Å². The fourth-order valence-electron chi connectivity index (χ4n) is 3.10. The number of hydrogen-bond donors (Lipinski definition) is 3. The summed E-state index contributed by atoms with van der Waals surface area (Å²) in [4.78, 5) is 11.9. The van der Waals surface area contributed by atoms with Gasteiger partial charge in [-0.3, -0.25) is 5.10 Å². The summed E-state index contributed by atoms with van der Waals surface area (Å²) in [7, 11) is 0. The molecule has 1 amide bonds. The molecule has 1 saturated carbocycles. The number of rotatable bonds is 4. The third-order valence-electron chi connectivity index (χ3n) is 4.34. The SMILES string of the molecule is Cc1nnccc1Nc1cc([C@H]2CC[C@@H](OC(=O)NC(C)(C)C)C2)[nH]n1. The van der Waals surface area contributed by atoms with Gasteiger partial charge in [-0.05, 0) is 53.0 Å². The predicted molar refractivity (Wildman–Crippen MR) is 98.4 cm³/mol. The summed E-state index contributed by atoms with van der Waals surface area (Å²) in [5, 5.41) is 21.4. The number of hydrogen-bond acceptors (Lipinski definition) is 6. The fourth-order valence-corrected chi connectivity index (χ4v) is 3.10. The van der Waals surface area contributed by atoms with E-state index in [0.717, 1.165) is 42.2 Å². The zero-order chi connectivity index (χ0) is 18.7. The molecule has 8 heteroatoms. The Morgan fingerprint density at radius 2 is 2.15 bits per heavy atom. The van der Waals surface area contributed by atoms with Gasteiger partial charge in [-0.1, -0.05) is 0 Å². The molecule has 0 radical (unpaired) electrons. The van der Waals surface area contributed by atoms with Crippen molar-refractivity contribution in [1.29, 1.82) is 0 Å². The first-order valence-electron chi connectivity index (χ1n) is 8.89. The number of nitrogens with zero attached hydrogens (tertiary/aromatic N) is 3. The Morgan fingerprint density at radius 3 is 2.88 bits per heavy atom. The average Bonchev–Trinajstić information content (AvgIpc) is 3.17. The van der Waals surface area contributed by atoms with Gasteiger partial charge in [0.1, 0.15) is 6.10 Å². The fraction of sp³-hybridized carbons (Fsp3) is 0.556. The standard InChI is InChI=1S/C18H26N6O2/c1-11-14(7-8-19-22-11)20-16-10-15(23-24-16)12-5-6-13(9-12)26-17(25)21-18(2,3)4/h7-8,10,12-13H,5-6,9H2,1-4H3,(H,21,25)(H2,19,20,23,24)/t12-,13+/m0/s1. The molecule has 8 nitrogen and oxygen atoms in total. The summed E-state index contributed by atoms with van der Waals surface area (Å²) in [6.45, 7) is 7.70. The molecule has 2 heterocycles. The smallest absolute Gasteiger partial charge is 0.407 e. The van der Waals surface area contributed by atoms with Crippen molar-refractivity contribution in [3.05, 3.63) is 29.7 Å². The van der Waals surface area contributed by atoms with Gasteiger partial charge >= 0.3 is 6.09 Å². The van der Waals surface area contributed by atoms with Gasteiger partial charge in [-0.25, -0.2) is 4.79 Å². The topological polar surface area (TPSA) is 105 Å². The molecule has 140 valence electrons. The lowest BCUT2D eigenvalue weighted by Gasteiger charge is -2.22. The minimum atomic E-state index is -0.351. The summed E-state index contributed by atoms with van der Waals surface area (Å²) in [5.41, 5.74) is 2.45. The van der Waals surface area contributed by atoms with Gasteiger partial charge in [0.25, 0.3) is 0 Å². The van der Waals surface area contributed by atoms with E-state index in [4.69, 9.17) is 4.74 Å². The zero-order valence-electron chi connectivity index (χ0n) is 15.7. The number of amides is 1. The number of alkyl carbamates (subject to hydrolysis) is 1. The van der Waals surface area contributed by atoms with E-state index in [9.17, 15) is 4.79 Å². The second-order valence-electron chi connectivity index (χ2n) is 7.78. The zero-order valence-corrected chi connectivity index (χ0v) is 15.7. The molecule has 2 aromatic heterocycles. The molecule has 0 aromatic carbocycles. The molecular weight excluding hydrogens is 332 g/mol.